The van der Waals surface area contributed by atoms with Gasteiger partial charge in [0.05, 0.1) is 9.79 Å². The van der Waals surface area contributed by atoms with Crippen molar-refractivity contribution in [2.45, 2.75) is 9.79 Å². The molecule has 0 fully saturated rings. The van der Waals surface area contributed by atoms with E-state index in [-0.39, 0.29) is 0 Å². The van der Waals surface area contributed by atoms with Crippen LogP contribution < -0.4 is 4.74 Å². The van der Waals surface area contributed by atoms with Crippen molar-refractivity contribution < 1.29 is 4.74 Å². The summed E-state index contributed by atoms with van der Waals surface area (Å²) in [6.45, 7) is 0. The number of rotatable bonds is 3. The highest BCUT2D eigenvalue weighted by Crippen LogP contribution is 2.50. The highest BCUT2D eigenvalue weighted by molar-refractivity contribution is 7.99. The molecule has 2 aromatic heterocycles. The number of fused-ring (bicyclic) bond motifs is 11. The molecule has 1 aliphatic rings. The van der Waals surface area contributed by atoms with E-state index in [0.717, 1.165) is 38.0 Å². The molecule has 0 radical (unpaired) electrons. The number of hydrogen-bond acceptors (Lipinski definition) is 6. The summed E-state index contributed by atoms with van der Waals surface area (Å²) < 4.78 is 8.80. The van der Waals surface area contributed by atoms with Crippen LogP contribution in [0.2, 0.25) is 0 Å². The molecule has 0 N–H and O–H groups in total. The van der Waals surface area contributed by atoms with Gasteiger partial charge in [-0.2, -0.15) is 0 Å². The molecule has 0 spiro atoms. The second-order valence-corrected chi connectivity index (χ2v) is 14.8. The Balaban J connectivity index is 1.18. The Bertz CT molecular complexity index is 3020. The summed E-state index contributed by atoms with van der Waals surface area (Å²) in [5.41, 5.74) is 2.85. The van der Waals surface area contributed by atoms with E-state index >= 15 is 0 Å². The van der Waals surface area contributed by atoms with Crippen LogP contribution >= 0.6 is 23.1 Å². The topological polar surface area (TPSA) is 47.9 Å². The van der Waals surface area contributed by atoms with E-state index in [2.05, 4.69) is 121 Å². The van der Waals surface area contributed by atoms with Crippen molar-refractivity contribution in [3.05, 3.63) is 152 Å². The van der Waals surface area contributed by atoms with E-state index in [1.807, 2.05) is 30.3 Å². The first-order valence-electron chi connectivity index (χ1n) is 16.9. The predicted octanol–water partition coefficient (Wildman–Crippen LogP) is 13.0. The molecule has 4 nitrogen and oxygen atoms in total. The molecule has 238 valence electrons. The maximum absolute atomic E-state index is 6.39. The van der Waals surface area contributed by atoms with Gasteiger partial charge in [0.2, 0.25) is 0 Å². The minimum absolute atomic E-state index is 0.615. The summed E-state index contributed by atoms with van der Waals surface area (Å²) in [6, 6.07) is 53.2. The molecule has 0 saturated carbocycles. The van der Waals surface area contributed by atoms with Crippen LogP contribution in [0.3, 0.4) is 0 Å². The molecule has 10 aromatic rings. The lowest BCUT2D eigenvalue weighted by Gasteiger charge is -2.21. The van der Waals surface area contributed by atoms with E-state index in [0.29, 0.717) is 17.5 Å². The van der Waals surface area contributed by atoms with Gasteiger partial charge in [-0.15, -0.1) is 11.3 Å². The average molecular weight is 688 g/mol. The van der Waals surface area contributed by atoms with Crippen LogP contribution in [0.15, 0.2) is 161 Å². The molecule has 0 saturated heterocycles. The molecule has 0 aliphatic carbocycles. The minimum Gasteiger partial charge on any atom is -0.455 e. The van der Waals surface area contributed by atoms with E-state index in [9.17, 15) is 0 Å². The zero-order valence-electron chi connectivity index (χ0n) is 27.0. The van der Waals surface area contributed by atoms with Gasteiger partial charge in [0.15, 0.2) is 17.5 Å². The number of aromatic nitrogens is 3. The molecule has 8 aromatic carbocycles. The second-order valence-electron chi connectivity index (χ2n) is 12.7. The molecule has 51 heavy (non-hydrogen) atoms. The smallest absolute Gasteiger partial charge is 0.165 e. The average Bonchev–Trinajstić information content (AvgIpc) is 3.58. The summed E-state index contributed by atoms with van der Waals surface area (Å²) in [4.78, 5) is 17.8. The molecular weight excluding hydrogens is 663 g/mol. The van der Waals surface area contributed by atoms with Gasteiger partial charge in [-0.3, -0.25) is 0 Å². The Morgan fingerprint density at radius 2 is 0.980 bits per heavy atom. The predicted molar refractivity (Wildman–Crippen MR) is 212 cm³/mol. The highest BCUT2D eigenvalue weighted by Gasteiger charge is 2.24. The van der Waals surface area contributed by atoms with Crippen LogP contribution in [-0.4, -0.2) is 15.0 Å². The zero-order valence-corrected chi connectivity index (χ0v) is 28.6. The maximum atomic E-state index is 6.39. The standard InChI is InChI=1S/C45H25N3OS2/c1-2-13-29-27(11-1)28-12-3-4-14-30(28)36-25-26(23-24-31(29)36)43-46-44(34-17-9-16-33-32-15-5-7-21-39(32)50-41(33)34)48-45(47-43)35-18-10-20-38-42(35)51-40-22-8-6-19-37(40)49-38/h1-25H. The molecule has 1 aliphatic heterocycles. The van der Waals surface area contributed by atoms with Crippen molar-refractivity contribution in [2.24, 2.45) is 0 Å². The fourth-order valence-corrected chi connectivity index (χ4v) is 9.71. The zero-order chi connectivity index (χ0) is 33.5. The number of hydrogen-bond donors (Lipinski definition) is 0. The summed E-state index contributed by atoms with van der Waals surface area (Å²) in [7, 11) is 0. The maximum Gasteiger partial charge on any atom is 0.165 e. The van der Waals surface area contributed by atoms with Crippen molar-refractivity contribution in [1.82, 2.24) is 15.0 Å². The summed E-state index contributed by atoms with van der Waals surface area (Å²) >= 11 is 3.48. The lowest BCUT2D eigenvalue weighted by Crippen LogP contribution is -2.03. The first-order valence-corrected chi connectivity index (χ1v) is 18.5. The van der Waals surface area contributed by atoms with Crippen molar-refractivity contribution in [3.63, 3.8) is 0 Å². The molecule has 3 heterocycles. The van der Waals surface area contributed by atoms with E-state index < -0.39 is 0 Å². The second kappa shape index (κ2) is 11.2. The summed E-state index contributed by atoms with van der Waals surface area (Å²) in [5.74, 6) is 3.55. The minimum atomic E-state index is 0.615. The normalized spacial score (nSPS) is 12.4. The monoisotopic (exact) mass is 687 g/mol. The third-order valence-corrected chi connectivity index (χ3v) is 12.2. The quantitative estimate of drug-likeness (QED) is 0.173. The van der Waals surface area contributed by atoms with Crippen molar-refractivity contribution in [1.29, 1.82) is 0 Å². The molecule has 6 heteroatoms. The van der Waals surface area contributed by atoms with Crippen LogP contribution in [0.25, 0.3) is 86.7 Å². The number of benzene rings is 8. The van der Waals surface area contributed by atoms with Crippen LogP contribution in [0.5, 0.6) is 11.5 Å². The fourth-order valence-electron chi connectivity index (χ4n) is 7.44. The van der Waals surface area contributed by atoms with E-state index in [1.165, 1.54) is 52.5 Å². The Kier molecular flexibility index (Phi) is 6.32. The largest absolute Gasteiger partial charge is 0.455 e. The SMILES string of the molecule is c1ccc2c(c1)Oc1cccc(-c3nc(-c4ccc5c6ccccc6c6ccccc6c5c4)nc(-c4cccc5c4sc4ccccc45)n3)c1S2. The van der Waals surface area contributed by atoms with Crippen LogP contribution in [0, 0.1) is 0 Å². The molecule has 0 amide bonds. The van der Waals surface area contributed by atoms with E-state index in [1.54, 1.807) is 23.1 Å². The number of ether oxygens (including phenoxy) is 1. The van der Waals surface area contributed by atoms with Gasteiger partial charge in [0.1, 0.15) is 11.5 Å². The van der Waals surface area contributed by atoms with E-state index in [4.69, 9.17) is 19.7 Å². The van der Waals surface area contributed by atoms with Crippen LogP contribution in [0.1, 0.15) is 0 Å². The third-order valence-electron chi connectivity index (χ3n) is 9.78. The highest BCUT2D eigenvalue weighted by atomic mass is 32.2. The number of nitrogens with zero attached hydrogens (tertiary/aromatic N) is 3. The van der Waals surface area contributed by atoms with Gasteiger partial charge in [-0.25, -0.2) is 15.0 Å². The van der Waals surface area contributed by atoms with Gasteiger partial charge in [-0.1, -0.05) is 121 Å². The summed E-state index contributed by atoms with van der Waals surface area (Å²) in [6.07, 6.45) is 0. The van der Waals surface area contributed by atoms with Crippen LogP contribution in [-0.2, 0) is 0 Å². The molecular formula is C45H25N3OS2. The summed E-state index contributed by atoms with van der Waals surface area (Å²) in [5, 5.41) is 9.77. The molecule has 0 unspecified atom stereocenters. The lowest BCUT2D eigenvalue weighted by atomic mass is 9.93. The Morgan fingerprint density at radius 1 is 0.412 bits per heavy atom. The van der Waals surface area contributed by atoms with Gasteiger partial charge >= 0.3 is 0 Å². The molecule has 0 bridgehead atoms. The van der Waals surface area contributed by atoms with Crippen LogP contribution in [0.4, 0.5) is 0 Å². The fraction of sp³-hybridized carbons (Fsp3) is 0. The Labute approximate surface area is 301 Å². The van der Waals surface area contributed by atoms with Crippen molar-refractivity contribution in [3.8, 4) is 45.7 Å². The first-order chi connectivity index (χ1) is 25.3. The van der Waals surface area contributed by atoms with Gasteiger partial charge in [0.25, 0.3) is 0 Å². The lowest BCUT2D eigenvalue weighted by molar-refractivity contribution is 0.455. The Morgan fingerprint density at radius 3 is 1.78 bits per heavy atom. The number of thiophene rings is 1. The molecule has 11 rings (SSSR count). The van der Waals surface area contributed by atoms with Gasteiger partial charge in [-0.05, 0) is 74.8 Å². The third kappa shape index (κ3) is 4.50. The first kappa shape index (κ1) is 28.7. The van der Waals surface area contributed by atoms with Crippen molar-refractivity contribution in [2.75, 3.05) is 0 Å². The Hall–Kier alpha value is -6.08. The van der Waals surface area contributed by atoms with Gasteiger partial charge in [0, 0.05) is 36.9 Å². The molecule has 0 atom stereocenters. The number of para-hydroxylation sites is 1. The van der Waals surface area contributed by atoms with Crippen molar-refractivity contribution >= 4 is 75.6 Å². The van der Waals surface area contributed by atoms with Gasteiger partial charge < -0.3 is 4.74 Å².